The van der Waals surface area contributed by atoms with Gasteiger partial charge in [0.05, 0.1) is 11.5 Å². The topological polar surface area (TPSA) is 56.1 Å². The maximum absolute atomic E-state index is 9.18. The highest BCUT2D eigenvalue weighted by Crippen LogP contribution is 2.20. The summed E-state index contributed by atoms with van der Waals surface area (Å²) in [5.74, 6) is 0.387. The van der Waals surface area contributed by atoms with E-state index in [0.29, 0.717) is 5.84 Å². The quantitative estimate of drug-likeness (QED) is 0.576. The number of anilines is 1. The molecular weight excluding hydrogens is 232 g/mol. The van der Waals surface area contributed by atoms with Gasteiger partial charge in [0, 0.05) is 5.69 Å². The molecule has 3 nitrogen and oxygen atoms in total. The molecule has 0 aliphatic heterocycles. The predicted octanol–water partition coefficient (Wildman–Crippen LogP) is 2.99. The Balaban J connectivity index is 2.22. The van der Waals surface area contributed by atoms with Crippen LogP contribution in [0.4, 0.5) is 5.69 Å². The lowest BCUT2D eigenvalue weighted by Crippen LogP contribution is -2.11. The first-order valence-corrected chi connectivity index (χ1v) is 6.19. The number of rotatable bonds is 3. The molecule has 0 bridgehead atoms. The third-order valence-electron chi connectivity index (χ3n) is 2.64. The molecule has 0 atom stereocenters. The lowest BCUT2D eigenvalue weighted by molar-refractivity contribution is 0.281. The fourth-order valence-electron chi connectivity index (χ4n) is 1.61. The molecule has 2 aromatic rings. The van der Waals surface area contributed by atoms with Gasteiger partial charge in [-0.3, -0.25) is 5.41 Å². The van der Waals surface area contributed by atoms with E-state index < -0.39 is 0 Å². The smallest absolute Gasteiger partial charge is 0.140 e. The van der Waals surface area contributed by atoms with Gasteiger partial charge in [-0.1, -0.05) is 18.2 Å². The van der Waals surface area contributed by atoms with Crippen molar-refractivity contribution in [1.82, 2.24) is 0 Å². The highest BCUT2D eigenvalue weighted by Gasteiger charge is 2.06. The number of nitrogens with one attached hydrogen (secondary N) is 2. The van der Waals surface area contributed by atoms with Gasteiger partial charge in [0.25, 0.3) is 0 Å². The summed E-state index contributed by atoms with van der Waals surface area (Å²) in [6, 6.07) is 9.51. The fraction of sp³-hybridized carbons (Fsp3) is 0.154. The monoisotopic (exact) mass is 246 g/mol. The molecule has 0 unspecified atom stereocenters. The van der Waals surface area contributed by atoms with Gasteiger partial charge in [-0.25, -0.2) is 0 Å². The van der Waals surface area contributed by atoms with Crippen molar-refractivity contribution in [2.24, 2.45) is 0 Å². The van der Waals surface area contributed by atoms with Crippen molar-refractivity contribution in [1.29, 1.82) is 5.41 Å². The lowest BCUT2D eigenvalue weighted by Gasteiger charge is -2.12. The second-order valence-electron chi connectivity index (χ2n) is 3.73. The molecule has 0 aliphatic rings. The molecule has 1 heterocycles. The zero-order chi connectivity index (χ0) is 12.3. The van der Waals surface area contributed by atoms with E-state index in [9.17, 15) is 5.11 Å². The summed E-state index contributed by atoms with van der Waals surface area (Å²) in [5, 5.41) is 22.1. The molecule has 0 spiro atoms. The Bertz CT molecular complexity index is 520. The second-order valence-corrected chi connectivity index (χ2v) is 4.67. The van der Waals surface area contributed by atoms with Crippen LogP contribution in [0.25, 0.3) is 0 Å². The van der Waals surface area contributed by atoms with Crippen molar-refractivity contribution in [3.05, 3.63) is 51.7 Å². The molecule has 3 N–H and O–H groups in total. The van der Waals surface area contributed by atoms with Crippen LogP contribution in [0.1, 0.15) is 16.0 Å². The maximum atomic E-state index is 9.18. The van der Waals surface area contributed by atoms with Gasteiger partial charge in [-0.05, 0) is 35.6 Å². The van der Waals surface area contributed by atoms with Gasteiger partial charge >= 0.3 is 0 Å². The molecule has 0 amide bonds. The molecule has 2 rings (SSSR count). The molecule has 0 saturated carbocycles. The fourth-order valence-corrected chi connectivity index (χ4v) is 2.24. The van der Waals surface area contributed by atoms with Crippen molar-refractivity contribution in [2.75, 3.05) is 5.32 Å². The third-order valence-corrected chi connectivity index (χ3v) is 3.53. The average molecular weight is 246 g/mol. The summed E-state index contributed by atoms with van der Waals surface area (Å²) in [6.45, 7) is 1.96. The molecular formula is C13H14N2OS. The number of aliphatic hydroxyl groups excluding tert-OH is 1. The minimum Gasteiger partial charge on any atom is -0.392 e. The van der Waals surface area contributed by atoms with E-state index in [4.69, 9.17) is 5.41 Å². The van der Waals surface area contributed by atoms with Crippen molar-refractivity contribution in [3.8, 4) is 0 Å². The Morgan fingerprint density at radius 1 is 1.35 bits per heavy atom. The minimum absolute atomic E-state index is 0.0215. The normalized spacial score (nSPS) is 10.2. The highest BCUT2D eigenvalue weighted by atomic mass is 32.1. The minimum atomic E-state index is 0.0215. The molecule has 1 aromatic carbocycles. The molecule has 0 saturated heterocycles. The third kappa shape index (κ3) is 2.54. The molecule has 0 radical (unpaired) electrons. The Morgan fingerprint density at radius 3 is 2.82 bits per heavy atom. The second kappa shape index (κ2) is 5.12. The van der Waals surface area contributed by atoms with Gasteiger partial charge in [-0.2, -0.15) is 0 Å². The summed E-state index contributed by atoms with van der Waals surface area (Å²) < 4.78 is 0. The molecule has 4 heteroatoms. The number of hydrogen-bond acceptors (Lipinski definition) is 3. The largest absolute Gasteiger partial charge is 0.392 e. The SMILES string of the molecule is Cc1c(CO)cccc1NC(=N)c1cccs1. The van der Waals surface area contributed by atoms with Crippen molar-refractivity contribution < 1.29 is 5.11 Å². The zero-order valence-electron chi connectivity index (χ0n) is 9.53. The lowest BCUT2D eigenvalue weighted by atomic mass is 10.1. The van der Waals surface area contributed by atoms with Crippen molar-refractivity contribution in [2.45, 2.75) is 13.5 Å². The molecule has 88 valence electrons. The summed E-state index contributed by atoms with van der Waals surface area (Å²) in [6.07, 6.45) is 0. The van der Waals surface area contributed by atoms with E-state index >= 15 is 0 Å². The van der Waals surface area contributed by atoms with Crippen LogP contribution in [0.2, 0.25) is 0 Å². The van der Waals surface area contributed by atoms with Gasteiger partial charge in [-0.15, -0.1) is 11.3 Å². The van der Waals surface area contributed by atoms with Gasteiger partial charge < -0.3 is 10.4 Å². The van der Waals surface area contributed by atoms with Gasteiger partial charge in [0.1, 0.15) is 5.84 Å². The van der Waals surface area contributed by atoms with Crippen LogP contribution in [-0.4, -0.2) is 10.9 Å². The van der Waals surface area contributed by atoms with Crippen molar-refractivity contribution in [3.63, 3.8) is 0 Å². The predicted molar refractivity (Wildman–Crippen MR) is 71.9 cm³/mol. The molecule has 0 fully saturated rings. The van der Waals surface area contributed by atoms with Crippen LogP contribution in [0.5, 0.6) is 0 Å². The number of aliphatic hydroxyl groups is 1. The van der Waals surface area contributed by atoms with Crippen LogP contribution < -0.4 is 5.32 Å². The maximum Gasteiger partial charge on any atom is 0.140 e. The Hall–Kier alpha value is -1.65. The average Bonchev–Trinajstić information content (AvgIpc) is 2.85. The zero-order valence-corrected chi connectivity index (χ0v) is 10.3. The molecule has 1 aromatic heterocycles. The van der Waals surface area contributed by atoms with Crippen LogP contribution in [0.15, 0.2) is 35.7 Å². The van der Waals surface area contributed by atoms with Gasteiger partial charge in [0.15, 0.2) is 0 Å². The first-order valence-electron chi connectivity index (χ1n) is 5.31. The first-order chi connectivity index (χ1) is 8.22. The van der Waals surface area contributed by atoms with Crippen LogP contribution in [0, 0.1) is 12.3 Å². The first kappa shape index (κ1) is 11.8. The van der Waals surface area contributed by atoms with E-state index in [1.54, 1.807) is 0 Å². The number of amidine groups is 1. The van der Waals surface area contributed by atoms with E-state index in [0.717, 1.165) is 21.7 Å². The summed E-state index contributed by atoms with van der Waals surface area (Å²) in [7, 11) is 0. The molecule has 17 heavy (non-hydrogen) atoms. The van der Waals surface area contributed by atoms with E-state index in [-0.39, 0.29) is 6.61 Å². The highest BCUT2D eigenvalue weighted by molar-refractivity contribution is 7.12. The number of hydrogen-bond donors (Lipinski definition) is 3. The summed E-state index contributed by atoms with van der Waals surface area (Å²) in [5.41, 5.74) is 2.74. The van der Waals surface area contributed by atoms with Crippen LogP contribution in [-0.2, 0) is 6.61 Å². The Kier molecular flexibility index (Phi) is 3.56. The number of benzene rings is 1. The molecule has 0 aliphatic carbocycles. The van der Waals surface area contributed by atoms with Crippen LogP contribution >= 0.6 is 11.3 Å². The summed E-state index contributed by atoms with van der Waals surface area (Å²) in [4.78, 5) is 0.902. The van der Waals surface area contributed by atoms with E-state index in [1.807, 2.05) is 42.6 Å². The number of thiophene rings is 1. The standard InChI is InChI=1S/C13H14N2OS/c1-9-10(8-16)4-2-5-11(9)15-13(14)12-6-3-7-17-12/h2-7,16H,8H2,1H3,(H2,14,15). The van der Waals surface area contributed by atoms with Crippen molar-refractivity contribution >= 4 is 22.9 Å². The van der Waals surface area contributed by atoms with Crippen LogP contribution in [0.3, 0.4) is 0 Å². The Morgan fingerprint density at radius 2 is 2.18 bits per heavy atom. The van der Waals surface area contributed by atoms with Gasteiger partial charge in [0.2, 0.25) is 0 Å². The van der Waals surface area contributed by atoms with E-state index in [1.165, 1.54) is 11.3 Å². The Labute approximate surface area is 104 Å². The summed E-state index contributed by atoms with van der Waals surface area (Å²) >= 11 is 1.53. The van der Waals surface area contributed by atoms with E-state index in [2.05, 4.69) is 5.32 Å².